The normalized spacial score (nSPS) is 19.4. The number of imidazole rings is 1. The fraction of sp³-hybridized carbons (Fsp3) is 0.273. The Morgan fingerprint density at radius 3 is 2.95 bits per heavy atom. The van der Waals surface area contributed by atoms with E-state index in [4.69, 9.17) is 22.2 Å². The zero-order valence-corrected chi connectivity index (χ0v) is 21.8. The van der Waals surface area contributed by atoms with Gasteiger partial charge in [0.15, 0.2) is 10.8 Å². The van der Waals surface area contributed by atoms with Crippen molar-refractivity contribution in [3.8, 4) is 0 Å². The first-order valence-corrected chi connectivity index (χ1v) is 13.4. The quantitative estimate of drug-likeness (QED) is 0.115. The Morgan fingerprint density at radius 2 is 2.24 bits per heavy atom. The summed E-state index contributed by atoms with van der Waals surface area (Å²) < 4.78 is 16.1. The molecule has 0 bridgehead atoms. The number of oxime groups is 1. The summed E-state index contributed by atoms with van der Waals surface area (Å²) in [5.41, 5.74) is 6.49. The topological polar surface area (TPSA) is 159 Å². The van der Waals surface area contributed by atoms with Gasteiger partial charge in [-0.05, 0) is 6.07 Å². The summed E-state index contributed by atoms with van der Waals surface area (Å²) in [6, 6.07) is 2.49. The van der Waals surface area contributed by atoms with Crippen LogP contribution in [0, 0.1) is 0 Å². The molecule has 3 N–H and O–H groups in total. The molecule has 16 heteroatoms. The molecule has 12 nitrogen and oxygen atoms in total. The Balaban J connectivity index is 1.36. The minimum absolute atomic E-state index is 0.0968. The molecule has 2 atom stereocenters. The molecule has 198 valence electrons. The van der Waals surface area contributed by atoms with Gasteiger partial charge in [0.2, 0.25) is 0 Å². The van der Waals surface area contributed by atoms with Crippen LogP contribution in [-0.4, -0.2) is 68.4 Å². The number of pyridine rings is 1. The number of hydrogen-bond donors (Lipinski definition) is 2. The van der Waals surface area contributed by atoms with Gasteiger partial charge < -0.3 is 25.8 Å². The van der Waals surface area contributed by atoms with Crippen LogP contribution < -0.4 is 20.6 Å². The zero-order chi connectivity index (χ0) is 27.0. The molecule has 2 amide bonds. The molecule has 1 saturated heterocycles. The number of thioether (sulfide) groups is 1. The van der Waals surface area contributed by atoms with Crippen molar-refractivity contribution < 1.29 is 33.1 Å². The summed E-state index contributed by atoms with van der Waals surface area (Å²) in [6.45, 7) is -0.996. The number of carboxylic acids is 1. The molecule has 5 rings (SSSR count). The summed E-state index contributed by atoms with van der Waals surface area (Å²) in [6.07, 6.45) is 5.28. The van der Waals surface area contributed by atoms with E-state index in [0.29, 0.717) is 10.6 Å². The Labute approximate surface area is 227 Å². The number of nitrogens with one attached hydrogen (secondary N) is 1. The van der Waals surface area contributed by atoms with E-state index in [1.54, 1.807) is 35.1 Å². The lowest BCUT2D eigenvalue weighted by Gasteiger charge is -2.50. The average Bonchev–Trinajstić information content (AvgIpc) is 3.50. The van der Waals surface area contributed by atoms with Gasteiger partial charge in [-0.15, -0.1) is 23.1 Å². The average molecular weight is 580 g/mol. The molecule has 3 aromatic heterocycles. The predicted octanol–water partition coefficient (Wildman–Crippen LogP) is -0.287. The molecule has 0 saturated carbocycles. The van der Waals surface area contributed by atoms with E-state index in [0.717, 1.165) is 21.9 Å². The maximum Gasteiger partial charge on any atom is 0.286 e. The van der Waals surface area contributed by atoms with Gasteiger partial charge in [0.25, 0.3) is 17.5 Å². The SMILES string of the molecule is Nc1nc(/C(=N/OCCF)C(=O)N[C@@H]2C(=O)N3C(C(=O)[O-])=C(Cn4cc[n+]5cc(Cl)ccc45)CS[C@@H]23)cs1. The number of nitrogens with zero attached hydrogens (tertiary/aromatic N) is 5. The first-order chi connectivity index (χ1) is 18.3. The maximum atomic E-state index is 13.1. The van der Waals surface area contributed by atoms with E-state index in [2.05, 4.69) is 15.5 Å². The van der Waals surface area contributed by atoms with Crippen molar-refractivity contribution in [2.24, 2.45) is 5.16 Å². The fourth-order valence-corrected chi connectivity index (χ4v) is 6.21. The highest BCUT2D eigenvalue weighted by Gasteiger charge is 2.53. The number of carbonyl (C=O) groups is 3. The van der Waals surface area contributed by atoms with Crippen molar-refractivity contribution in [3.05, 3.63) is 58.1 Å². The lowest BCUT2D eigenvalue weighted by molar-refractivity contribution is -0.510. The van der Waals surface area contributed by atoms with Crippen LogP contribution in [0.25, 0.3) is 5.65 Å². The number of hydrogen-bond acceptors (Lipinski definition) is 10. The number of carboxylic acid groups (broad SMARTS) is 1. The molecular formula is C22H19ClFN7O5S2. The van der Waals surface area contributed by atoms with Crippen LogP contribution in [0.5, 0.6) is 0 Å². The lowest BCUT2D eigenvalue weighted by Crippen LogP contribution is -2.71. The Morgan fingerprint density at radius 1 is 1.42 bits per heavy atom. The van der Waals surface area contributed by atoms with Gasteiger partial charge in [0.05, 0.1) is 16.7 Å². The number of β-lactam (4-membered cyclic amide) rings is 1. The molecule has 3 aromatic rings. The maximum absolute atomic E-state index is 13.1. The Hall–Kier alpha value is -3.69. The van der Waals surface area contributed by atoms with Crippen molar-refractivity contribution in [1.29, 1.82) is 0 Å². The smallest absolute Gasteiger partial charge is 0.286 e. The molecule has 1 fully saturated rings. The van der Waals surface area contributed by atoms with Crippen LogP contribution >= 0.6 is 34.7 Å². The molecular weight excluding hydrogens is 561 g/mol. The molecule has 2 aliphatic rings. The van der Waals surface area contributed by atoms with Crippen molar-refractivity contribution in [2.45, 2.75) is 18.0 Å². The minimum Gasteiger partial charge on any atom is -0.543 e. The second-order valence-electron chi connectivity index (χ2n) is 8.17. The number of halogens is 2. The van der Waals surface area contributed by atoms with Crippen LogP contribution in [0.4, 0.5) is 9.52 Å². The number of nitrogen functional groups attached to an aromatic ring is 1. The van der Waals surface area contributed by atoms with Gasteiger partial charge >= 0.3 is 0 Å². The highest BCUT2D eigenvalue weighted by molar-refractivity contribution is 8.00. The second kappa shape index (κ2) is 10.6. The third kappa shape index (κ3) is 4.79. The molecule has 0 radical (unpaired) electrons. The monoisotopic (exact) mass is 579 g/mol. The first-order valence-electron chi connectivity index (χ1n) is 11.1. The Kier molecular flexibility index (Phi) is 7.23. The summed E-state index contributed by atoms with van der Waals surface area (Å²) in [5, 5.41) is 19.9. The van der Waals surface area contributed by atoms with Gasteiger partial charge in [-0.25, -0.2) is 18.3 Å². The van der Waals surface area contributed by atoms with E-state index >= 15 is 0 Å². The summed E-state index contributed by atoms with van der Waals surface area (Å²) in [4.78, 5) is 48.1. The number of anilines is 1. The minimum atomic E-state index is -1.49. The standard InChI is InChI=1S/C22H19ClFN7O5S2/c23-12-1-2-14-29(4-5-30(14)8-12)7-11-9-37-20-16(19(33)31(20)17(11)21(34)35)27-18(32)15(28-36-6-3-24)13-10-38-22(25)26-13/h1-2,4-5,8,10,16,20H,3,6-7,9H2,(H3-,25,26,27,32,34,35)/b28-15-/t16-,20+/m1/s1. The van der Waals surface area contributed by atoms with Gasteiger partial charge in [-0.2, -0.15) is 0 Å². The number of amides is 2. The van der Waals surface area contributed by atoms with Crippen LogP contribution in [0.1, 0.15) is 5.69 Å². The summed E-state index contributed by atoms with van der Waals surface area (Å²) in [7, 11) is 0. The third-order valence-electron chi connectivity index (χ3n) is 5.81. The van der Waals surface area contributed by atoms with Crippen LogP contribution in [0.15, 0.2) is 52.5 Å². The van der Waals surface area contributed by atoms with Crippen LogP contribution in [0.3, 0.4) is 0 Å². The number of fused-ring (bicyclic) bond motifs is 2. The first kappa shape index (κ1) is 25.9. The van der Waals surface area contributed by atoms with E-state index in [-0.39, 0.29) is 41.1 Å². The van der Waals surface area contributed by atoms with Crippen molar-refractivity contribution in [2.75, 3.05) is 24.8 Å². The summed E-state index contributed by atoms with van der Waals surface area (Å²) in [5.74, 6) is -2.62. The predicted molar refractivity (Wildman–Crippen MR) is 135 cm³/mol. The number of rotatable bonds is 9. The van der Waals surface area contributed by atoms with Gasteiger partial charge in [-0.3, -0.25) is 14.5 Å². The molecule has 2 aliphatic heterocycles. The van der Waals surface area contributed by atoms with Crippen molar-refractivity contribution >= 4 is 69.0 Å². The third-order valence-corrected chi connectivity index (χ3v) is 8.05. The fourth-order valence-electron chi connectivity index (χ4n) is 4.16. The van der Waals surface area contributed by atoms with Crippen LogP contribution in [0.2, 0.25) is 5.02 Å². The number of alkyl halides is 1. The highest BCUT2D eigenvalue weighted by atomic mass is 35.5. The van der Waals surface area contributed by atoms with Crippen molar-refractivity contribution in [3.63, 3.8) is 0 Å². The number of aliphatic carboxylic acids is 1. The number of nitrogens with two attached hydrogens (primary N) is 1. The van der Waals surface area contributed by atoms with Gasteiger partial charge in [0.1, 0.15) is 55.5 Å². The molecule has 0 aliphatic carbocycles. The molecule has 0 aromatic carbocycles. The second-order valence-corrected chi connectivity index (χ2v) is 10.6. The van der Waals surface area contributed by atoms with Crippen LogP contribution in [-0.2, 0) is 25.8 Å². The number of thiazole rings is 1. The largest absolute Gasteiger partial charge is 0.543 e. The van der Waals surface area contributed by atoms with E-state index in [1.165, 1.54) is 17.1 Å². The molecule has 5 heterocycles. The zero-order valence-electron chi connectivity index (χ0n) is 19.4. The van der Waals surface area contributed by atoms with Crippen molar-refractivity contribution in [1.82, 2.24) is 19.8 Å². The van der Waals surface area contributed by atoms with Gasteiger partial charge in [0, 0.05) is 22.8 Å². The van der Waals surface area contributed by atoms with E-state index in [1.807, 2.05) is 4.57 Å². The molecule has 0 unspecified atom stereocenters. The van der Waals surface area contributed by atoms with E-state index < -0.39 is 35.9 Å². The highest BCUT2D eigenvalue weighted by Crippen LogP contribution is 2.40. The number of aromatic nitrogens is 3. The molecule has 38 heavy (non-hydrogen) atoms. The number of carbonyl (C=O) groups excluding carboxylic acids is 3. The summed E-state index contributed by atoms with van der Waals surface area (Å²) >= 11 is 8.41. The van der Waals surface area contributed by atoms with E-state index in [9.17, 15) is 23.9 Å². The molecule has 0 spiro atoms. The van der Waals surface area contributed by atoms with Gasteiger partial charge in [-0.1, -0.05) is 16.8 Å². The lowest BCUT2D eigenvalue weighted by atomic mass is 10.0. The Bertz CT molecular complexity index is 1510.